The Balaban J connectivity index is 2.13. The van der Waals surface area contributed by atoms with Crippen molar-refractivity contribution in [2.24, 2.45) is 5.92 Å². The fourth-order valence-electron chi connectivity index (χ4n) is 2.50. The first kappa shape index (κ1) is 17.5. The second kappa shape index (κ2) is 6.35. The molecule has 1 aromatic rings. The van der Waals surface area contributed by atoms with Crippen LogP contribution in [0, 0.1) is 12.8 Å². The van der Waals surface area contributed by atoms with Gasteiger partial charge in [-0.15, -0.1) is 0 Å². The molecule has 1 aromatic carbocycles. The highest BCUT2D eigenvalue weighted by molar-refractivity contribution is 6.62. The van der Waals surface area contributed by atoms with E-state index in [1.165, 1.54) is 11.1 Å². The molecule has 0 unspecified atom stereocenters. The van der Waals surface area contributed by atoms with Gasteiger partial charge in [0, 0.05) is 6.54 Å². The molecule has 0 spiro atoms. The average Bonchev–Trinajstić information content (AvgIpc) is 2.60. The van der Waals surface area contributed by atoms with Crippen LogP contribution in [0.4, 0.5) is 0 Å². The molecular weight excluding hydrogens is 273 g/mol. The largest absolute Gasteiger partial charge is 0.494 e. The van der Waals surface area contributed by atoms with E-state index in [0.29, 0.717) is 5.92 Å². The summed E-state index contributed by atoms with van der Waals surface area (Å²) in [6.07, 6.45) is 0. The molecule has 1 saturated heterocycles. The van der Waals surface area contributed by atoms with E-state index in [0.717, 1.165) is 18.6 Å². The molecule has 0 aromatic heterocycles. The molecule has 2 rings (SSSR count). The van der Waals surface area contributed by atoms with Gasteiger partial charge in [-0.2, -0.15) is 0 Å². The Kier molecular flexibility index (Phi) is 5.05. The number of aryl methyl sites for hydroxylation is 1. The second-order valence-corrected chi connectivity index (χ2v) is 7.80. The van der Waals surface area contributed by atoms with Crippen molar-refractivity contribution in [3.05, 3.63) is 29.3 Å². The molecule has 122 valence electrons. The number of nitrogens with one attached hydrogen (secondary N) is 1. The minimum absolute atomic E-state index is 0.283. The van der Waals surface area contributed by atoms with Crippen molar-refractivity contribution in [2.75, 3.05) is 6.54 Å². The Hall–Kier alpha value is -0.835. The molecule has 1 aliphatic heterocycles. The lowest BCUT2D eigenvalue weighted by atomic mass is 9.78. The van der Waals surface area contributed by atoms with Crippen molar-refractivity contribution in [1.29, 1.82) is 0 Å². The molecule has 1 fully saturated rings. The summed E-state index contributed by atoms with van der Waals surface area (Å²) < 4.78 is 12.3. The van der Waals surface area contributed by atoms with Gasteiger partial charge in [0.2, 0.25) is 0 Å². The molecular formula is C18H30BNO2. The predicted molar refractivity (Wildman–Crippen MR) is 93.4 cm³/mol. The van der Waals surface area contributed by atoms with Gasteiger partial charge >= 0.3 is 7.12 Å². The highest BCUT2D eigenvalue weighted by Crippen LogP contribution is 2.36. The lowest BCUT2D eigenvalue weighted by Gasteiger charge is -2.32. The first-order valence-corrected chi connectivity index (χ1v) is 8.28. The summed E-state index contributed by atoms with van der Waals surface area (Å²) in [4.78, 5) is 0. The fourth-order valence-corrected chi connectivity index (χ4v) is 2.50. The third-order valence-corrected chi connectivity index (χ3v) is 4.77. The molecule has 0 bridgehead atoms. The highest BCUT2D eigenvalue weighted by atomic mass is 16.7. The molecule has 3 nitrogen and oxygen atoms in total. The van der Waals surface area contributed by atoms with Crippen molar-refractivity contribution in [3.8, 4) is 0 Å². The Bertz CT molecular complexity index is 510. The Morgan fingerprint density at radius 2 is 1.68 bits per heavy atom. The van der Waals surface area contributed by atoms with Crippen LogP contribution < -0.4 is 10.8 Å². The number of hydrogen-bond acceptors (Lipinski definition) is 3. The maximum Gasteiger partial charge on any atom is 0.494 e. The SMILES string of the molecule is Cc1ccc(B2OC(C)(C)C(C)(C)O2)cc1CNCC(C)C. The van der Waals surface area contributed by atoms with Crippen LogP contribution in [0.3, 0.4) is 0 Å². The molecule has 0 saturated carbocycles. The number of rotatable bonds is 5. The van der Waals surface area contributed by atoms with E-state index >= 15 is 0 Å². The van der Waals surface area contributed by atoms with Crippen molar-refractivity contribution in [3.63, 3.8) is 0 Å². The van der Waals surface area contributed by atoms with Crippen LogP contribution in [0.25, 0.3) is 0 Å². The Labute approximate surface area is 135 Å². The molecule has 1 heterocycles. The molecule has 1 aliphatic rings. The van der Waals surface area contributed by atoms with Gasteiger partial charge in [0.15, 0.2) is 0 Å². The summed E-state index contributed by atoms with van der Waals surface area (Å²) >= 11 is 0. The zero-order valence-corrected chi connectivity index (χ0v) is 15.1. The predicted octanol–water partition coefficient (Wildman–Crippen LogP) is 3.04. The summed E-state index contributed by atoms with van der Waals surface area (Å²) in [7, 11) is -0.283. The Morgan fingerprint density at radius 3 is 2.23 bits per heavy atom. The van der Waals surface area contributed by atoms with Crippen LogP contribution in [-0.4, -0.2) is 24.9 Å². The topological polar surface area (TPSA) is 30.5 Å². The smallest absolute Gasteiger partial charge is 0.399 e. The van der Waals surface area contributed by atoms with E-state index in [1.807, 2.05) is 0 Å². The normalized spacial score (nSPS) is 19.9. The molecule has 0 amide bonds. The number of hydrogen-bond donors (Lipinski definition) is 1. The zero-order valence-electron chi connectivity index (χ0n) is 15.1. The first-order valence-electron chi connectivity index (χ1n) is 8.28. The average molecular weight is 303 g/mol. The minimum atomic E-state index is -0.293. The highest BCUT2D eigenvalue weighted by Gasteiger charge is 2.51. The van der Waals surface area contributed by atoms with Gasteiger partial charge in [0.1, 0.15) is 0 Å². The van der Waals surface area contributed by atoms with Gasteiger partial charge in [-0.1, -0.05) is 32.0 Å². The molecule has 1 N–H and O–H groups in total. The molecule has 0 aliphatic carbocycles. The second-order valence-electron chi connectivity index (χ2n) is 7.80. The van der Waals surface area contributed by atoms with Gasteiger partial charge < -0.3 is 14.6 Å². The number of benzene rings is 1. The third-order valence-electron chi connectivity index (χ3n) is 4.77. The monoisotopic (exact) mass is 303 g/mol. The molecule has 22 heavy (non-hydrogen) atoms. The van der Waals surface area contributed by atoms with E-state index in [-0.39, 0.29) is 18.3 Å². The standard InChI is InChI=1S/C18H30BNO2/c1-13(2)11-20-12-15-10-16(9-8-14(15)3)19-21-17(4,5)18(6,7)22-19/h8-10,13,20H,11-12H2,1-7H3. The summed E-state index contributed by atoms with van der Waals surface area (Å²) in [5, 5.41) is 3.51. The van der Waals surface area contributed by atoms with Crippen LogP contribution >= 0.6 is 0 Å². The van der Waals surface area contributed by atoms with Gasteiger partial charge in [-0.3, -0.25) is 0 Å². The van der Waals surface area contributed by atoms with E-state index < -0.39 is 0 Å². The third kappa shape index (κ3) is 3.73. The van der Waals surface area contributed by atoms with Gasteiger partial charge in [0.05, 0.1) is 11.2 Å². The van der Waals surface area contributed by atoms with E-state index in [9.17, 15) is 0 Å². The first-order chi connectivity index (χ1) is 10.1. The maximum absolute atomic E-state index is 6.15. The minimum Gasteiger partial charge on any atom is -0.399 e. The van der Waals surface area contributed by atoms with Crippen LogP contribution in [0.2, 0.25) is 0 Å². The summed E-state index contributed by atoms with van der Waals surface area (Å²) in [5.74, 6) is 0.659. The van der Waals surface area contributed by atoms with Crippen molar-refractivity contribution >= 4 is 12.6 Å². The van der Waals surface area contributed by atoms with Crippen molar-refractivity contribution in [2.45, 2.75) is 66.2 Å². The van der Waals surface area contributed by atoms with E-state index in [1.54, 1.807) is 0 Å². The molecule has 0 radical (unpaired) electrons. The van der Waals surface area contributed by atoms with Gasteiger partial charge in [-0.05, 0) is 63.7 Å². The van der Waals surface area contributed by atoms with Gasteiger partial charge in [-0.25, -0.2) is 0 Å². The van der Waals surface area contributed by atoms with E-state index in [2.05, 4.69) is 72.0 Å². The molecule has 0 atom stereocenters. The molecule has 4 heteroatoms. The lowest BCUT2D eigenvalue weighted by Crippen LogP contribution is -2.41. The Morgan fingerprint density at radius 1 is 1.09 bits per heavy atom. The van der Waals surface area contributed by atoms with Crippen LogP contribution in [0.1, 0.15) is 52.7 Å². The summed E-state index contributed by atoms with van der Waals surface area (Å²) in [5.41, 5.74) is 3.13. The lowest BCUT2D eigenvalue weighted by molar-refractivity contribution is 0.00578. The van der Waals surface area contributed by atoms with Gasteiger partial charge in [0.25, 0.3) is 0 Å². The zero-order chi connectivity index (χ0) is 16.5. The maximum atomic E-state index is 6.15. The van der Waals surface area contributed by atoms with Crippen LogP contribution in [0.5, 0.6) is 0 Å². The van der Waals surface area contributed by atoms with Crippen molar-refractivity contribution in [1.82, 2.24) is 5.32 Å². The van der Waals surface area contributed by atoms with E-state index in [4.69, 9.17) is 9.31 Å². The summed E-state index contributed by atoms with van der Waals surface area (Å²) in [6, 6.07) is 6.49. The van der Waals surface area contributed by atoms with Crippen LogP contribution in [0.15, 0.2) is 18.2 Å². The quantitative estimate of drug-likeness (QED) is 0.848. The fraction of sp³-hybridized carbons (Fsp3) is 0.667. The van der Waals surface area contributed by atoms with Crippen molar-refractivity contribution < 1.29 is 9.31 Å². The summed E-state index contributed by atoms with van der Waals surface area (Å²) in [6.45, 7) is 16.9. The van der Waals surface area contributed by atoms with Crippen LogP contribution in [-0.2, 0) is 15.9 Å².